The normalized spacial score (nSPS) is 20.0. The van der Waals surface area contributed by atoms with Gasteiger partial charge in [0.1, 0.15) is 11.3 Å². The number of alkyl halides is 3. The number of nitrogens with one attached hydrogen (secondary N) is 1. The van der Waals surface area contributed by atoms with Gasteiger partial charge in [0.05, 0.1) is 18.2 Å². The second-order valence-electron chi connectivity index (χ2n) is 9.86. The molecule has 4 rings (SSSR count). The Labute approximate surface area is 200 Å². The topological polar surface area (TPSA) is 65.4 Å². The number of nitrogens with zero attached hydrogens (tertiary/aromatic N) is 2. The fraction of sp³-hybridized carbons (Fsp3) is 0.440. The first-order valence-electron chi connectivity index (χ1n) is 11.3. The molecule has 0 aliphatic heterocycles. The van der Waals surface area contributed by atoms with Crippen molar-refractivity contribution >= 4 is 28.6 Å². The predicted octanol–water partition coefficient (Wildman–Crippen LogP) is 6.99. The first-order chi connectivity index (χ1) is 16.4. The van der Waals surface area contributed by atoms with Crippen LogP contribution in [0.1, 0.15) is 56.4 Å². The van der Waals surface area contributed by atoms with E-state index in [1.165, 1.54) is 37.4 Å². The predicted molar refractivity (Wildman–Crippen MR) is 123 cm³/mol. The Kier molecular flexibility index (Phi) is 6.42. The maximum absolute atomic E-state index is 15.3. The molecule has 3 aromatic rings. The molecule has 10 heteroatoms. The van der Waals surface area contributed by atoms with Crippen LogP contribution >= 0.6 is 0 Å². The number of halogens is 4. The van der Waals surface area contributed by atoms with E-state index in [4.69, 9.17) is 0 Å². The van der Waals surface area contributed by atoms with E-state index >= 15 is 4.39 Å². The Hall–Kier alpha value is -3.30. The van der Waals surface area contributed by atoms with E-state index in [0.717, 1.165) is 19.3 Å². The number of methoxy groups -OCH3 is 1. The van der Waals surface area contributed by atoms with Crippen LogP contribution in [0.4, 0.5) is 29.2 Å². The fourth-order valence-electron chi connectivity index (χ4n) is 5.22. The Morgan fingerprint density at radius 1 is 1.14 bits per heavy atom. The van der Waals surface area contributed by atoms with Crippen LogP contribution in [0, 0.1) is 17.2 Å². The second-order valence-corrected chi connectivity index (χ2v) is 9.86. The molecule has 1 aliphatic carbocycles. The van der Waals surface area contributed by atoms with Gasteiger partial charge in [-0.05, 0) is 67.0 Å². The Bertz CT molecular complexity index is 1240. The maximum Gasteiger partial charge on any atom is 0.573 e. The van der Waals surface area contributed by atoms with Gasteiger partial charge in [-0.25, -0.2) is 14.2 Å². The smallest absolute Gasteiger partial charge is 0.465 e. The number of ether oxygens (including phenoxy) is 2. The molecule has 1 aromatic heterocycles. The molecule has 0 spiro atoms. The molecule has 1 heterocycles. The summed E-state index contributed by atoms with van der Waals surface area (Å²) in [5.41, 5.74) is 0.820. The van der Waals surface area contributed by atoms with Crippen molar-refractivity contribution in [2.75, 3.05) is 12.4 Å². The van der Waals surface area contributed by atoms with Crippen molar-refractivity contribution in [3.8, 4) is 5.75 Å². The van der Waals surface area contributed by atoms with E-state index in [1.54, 1.807) is 6.07 Å². The zero-order valence-corrected chi connectivity index (χ0v) is 19.9. The SMILES string of the molecule is COC(=O)c1ccc2c(nc(Nc3ccc(OC(F)(F)F)cc3)n2C2C[C@H](C)CC(C)(C)C2)c1F. The highest BCUT2D eigenvalue weighted by atomic mass is 19.4. The molecule has 35 heavy (non-hydrogen) atoms. The lowest BCUT2D eigenvalue weighted by Gasteiger charge is -2.40. The quantitative estimate of drug-likeness (QED) is 0.307. The third-order valence-corrected chi connectivity index (χ3v) is 6.28. The molecule has 2 atom stereocenters. The lowest BCUT2D eigenvalue weighted by molar-refractivity contribution is -0.274. The molecule has 1 fully saturated rings. The summed E-state index contributed by atoms with van der Waals surface area (Å²) >= 11 is 0. The highest BCUT2D eigenvalue weighted by molar-refractivity contribution is 5.95. The van der Waals surface area contributed by atoms with Crippen LogP contribution in [0.5, 0.6) is 5.75 Å². The number of hydrogen-bond donors (Lipinski definition) is 1. The average molecular weight is 494 g/mol. The first kappa shape index (κ1) is 24.8. The van der Waals surface area contributed by atoms with Crippen molar-refractivity contribution in [1.29, 1.82) is 0 Å². The summed E-state index contributed by atoms with van der Waals surface area (Å²) in [6.45, 7) is 6.56. The Balaban J connectivity index is 1.78. The summed E-state index contributed by atoms with van der Waals surface area (Å²) in [4.78, 5) is 16.5. The van der Waals surface area contributed by atoms with Crippen molar-refractivity contribution in [1.82, 2.24) is 9.55 Å². The number of hydrogen-bond acceptors (Lipinski definition) is 5. The van der Waals surface area contributed by atoms with Crippen molar-refractivity contribution in [2.45, 2.75) is 52.4 Å². The molecule has 0 radical (unpaired) electrons. The molecule has 0 saturated heterocycles. The van der Waals surface area contributed by atoms with Crippen LogP contribution in [0.3, 0.4) is 0 Å². The third kappa shape index (κ3) is 5.36. The van der Waals surface area contributed by atoms with Crippen LogP contribution in [0.2, 0.25) is 0 Å². The van der Waals surface area contributed by atoms with E-state index in [2.05, 4.69) is 40.5 Å². The molecule has 1 saturated carbocycles. The average Bonchev–Trinajstić information content (AvgIpc) is 3.11. The zero-order valence-electron chi connectivity index (χ0n) is 19.9. The first-order valence-corrected chi connectivity index (χ1v) is 11.3. The van der Waals surface area contributed by atoms with E-state index in [1.807, 2.05) is 4.57 Å². The van der Waals surface area contributed by atoms with E-state index in [9.17, 15) is 18.0 Å². The number of benzene rings is 2. The van der Waals surface area contributed by atoms with Crippen LogP contribution in [0.15, 0.2) is 36.4 Å². The van der Waals surface area contributed by atoms with Gasteiger partial charge in [-0.15, -0.1) is 13.2 Å². The summed E-state index contributed by atoms with van der Waals surface area (Å²) < 4.78 is 63.3. The summed E-state index contributed by atoms with van der Waals surface area (Å²) in [5, 5.41) is 3.11. The second kappa shape index (κ2) is 9.05. The van der Waals surface area contributed by atoms with Crippen molar-refractivity contribution < 1.29 is 31.8 Å². The zero-order chi connectivity index (χ0) is 25.5. The summed E-state index contributed by atoms with van der Waals surface area (Å²) in [6, 6.07) is 8.25. The van der Waals surface area contributed by atoms with Crippen LogP contribution in [0.25, 0.3) is 11.0 Å². The van der Waals surface area contributed by atoms with Gasteiger partial charge in [0.25, 0.3) is 0 Å². The largest absolute Gasteiger partial charge is 0.573 e. The number of imidazole rings is 1. The lowest BCUT2D eigenvalue weighted by atomic mass is 9.70. The van der Waals surface area contributed by atoms with E-state index in [0.29, 0.717) is 23.1 Å². The number of anilines is 2. The minimum absolute atomic E-state index is 0.00235. The number of fused-ring (bicyclic) bond motifs is 1. The van der Waals surface area contributed by atoms with Crippen molar-refractivity contribution in [2.24, 2.45) is 11.3 Å². The van der Waals surface area contributed by atoms with Crippen LogP contribution in [-0.4, -0.2) is 29.0 Å². The summed E-state index contributed by atoms with van der Waals surface area (Å²) in [5.74, 6) is -1.19. The van der Waals surface area contributed by atoms with Gasteiger partial charge in [0.15, 0.2) is 5.82 Å². The van der Waals surface area contributed by atoms with Gasteiger partial charge in [-0.1, -0.05) is 20.8 Å². The van der Waals surface area contributed by atoms with Crippen molar-refractivity contribution in [3.63, 3.8) is 0 Å². The Morgan fingerprint density at radius 3 is 2.43 bits per heavy atom. The number of esters is 1. The van der Waals surface area contributed by atoms with Gasteiger partial charge in [0, 0.05) is 11.7 Å². The summed E-state index contributed by atoms with van der Waals surface area (Å²) in [6.07, 6.45) is -2.05. The van der Waals surface area contributed by atoms with Gasteiger partial charge in [0.2, 0.25) is 5.95 Å². The molecular weight excluding hydrogens is 466 g/mol. The van der Waals surface area contributed by atoms with Gasteiger partial charge < -0.3 is 19.4 Å². The monoisotopic (exact) mass is 493 g/mol. The standard InChI is InChI=1S/C25H27F4N3O3/c1-14-11-16(13-24(2,3)12-14)32-19-10-9-18(22(33)34-4)20(26)21(19)31-23(32)30-15-5-7-17(8-6-15)35-25(27,28)29/h5-10,14,16H,11-13H2,1-4H3,(H,30,31)/t14-,16?/m0/s1. The van der Waals surface area contributed by atoms with Crippen molar-refractivity contribution in [3.05, 3.63) is 47.8 Å². The fourth-order valence-corrected chi connectivity index (χ4v) is 5.22. The highest BCUT2D eigenvalue weighted by Gasteiger charge is 2.35. The molecule has 1 N–H and O–H groups in total. The number of aromatic nitrogens is 2. The number of carbonyl (C=O) groups is 1. The van der Waals surface area contributed by atoms with E-state index < -0.39 is 18.1 Å². The van der Waals surface area contributed by atoms with E-state index in [-0.39, 0.29) is 28.3 Å². The minimum Gasteiger partial charge on any atom is -0.465 e. The molecule has 0 bridgehead atoms. The minimum atomic E-state index is -4.79. The number of carbonyl (C=O) groups excluding carboxylic acids is 1. The van der Waals surface area contributed by atoms with Gasteiger partial charge in [-0.2, -0.15) is 0 Å². The van der Waals surface area contributed by atoms with Gasteiger partial charge in [-0.3, -0.25) is 0 Å². The highest BCUT2D eigenvalue weighted by Crippen LogP contribution is 2.46. The molecule has 1 aliphatic rings. The molecule has 0 amide bonds. The van der Waals surface area contributed by atoms with Gasteiger partial charge >= 0.3 is 12.3 Å². The molecule has 1 unspecified atom stereocenters. The molecule has 6 nitrogen and oxygen atoms in total. The lowest BCUT2D eigenvalue weighted by Crippen LogP contribution is -2.29. The summed E-state index contributed by atoms with van der Waals surface area (Å²) in [7, 11) is 1.18. The molecule has 188 valence electrons. The van der Waals surface area contributed by atoms with Crippen LogP contribution < -0.4 is 10.1 Å². The third-order valence-electron chi connectivity index (χ3n) is 6.28. The Morgan fingerprint density at radius 2 is 1.83 bits per heavy atom. The molecular formula is C25H27F4N3O3. The molecule has 2 aromatic carbocycles. The van der Waals surface area contributed by atoms with Crippen LogP contribution in [-0.2, 0) is 4.74 Å². The maximum atomic E-state index is 15.3. The number of rotatable bonds is 5.